The third-order valence-corrected chi connectivity index (χ3v) is 4.82. The van der Waals surface area contributed by atoms with Gasteiger partial charge in [0.05, 0.1) is 18.0 Å². The molecule has 2 aromatic heterocycles. The number of benzene rings is 1. The summed E-state index contributed by atoms with van der Waals surface area (Å²) < 4.78 is 47.7. The van der Waals surface area contributed by atoms with Crippen molar-refractivity contribution in [1.82, 2.24) is 9.61 Å². The van der Waals surface area contributed by atoms with Gasteiger partial charge in [0.2, 0.25) is 0 Å². The zero-order chi connectivity index (χ0) is 19.6. The summed E-state index contributed by atoms with van der Waals surface area (Å²) in [5.74, 6) is -3.83. The zero-order valence-electron chi connectivity index (χ0n) is 15.1. The van der Waals surface area contributed by atoms with Crippen molar-refractivity contribution in [3.8, 4) is 11.1 Å². The van der Waals surface area contributed by atoms with E-state index in [1.54, 1.807) is 20.8 Å². The summed E-state index contributed by atoms with van der Waals surface area (Å²) in [6.45, 7) is 9.19. The molecule has 0 aliphatic carbocycles. The first-order chi connectivity index (χ1) is 12.3. The van der Waals surface area contributed by atoms with E-state index >= 15 is 0 Å². The Kier molecular flexibility index (Phi) is 6.07. The highest BCUT2D eigenvalue weighted by molar-refractivity contribution is 7.19. The third-order valence-electron chi connectivity index (χ3n) is 3.59. The lowest BCUT2D eigenvalue weighted by Gasteiger charge is -2.03. The number of carbonyl (C=O) groups excluding carboxylic acids is 1. The van der Waals surface area contributed by atoms with Gasteiger partial charge < -0.3 is 4.74 Å². The number of halogens is 3. The fourth-order valence-corrected chi connectivity index (χ4v) is 3.72. The minimum absolute atomic E-state index is 0.216. The van der Waals surface area contributed by atoms with E-state index < -0.39 is 23.4 Å². The van der Waals surface area contributed by atoms with Crippen LogP contribution in [-0.4, -0.2) is 22.2 Å². The molecule has 0 aliphatic heterocycles. The molecule has 0 unspecified atom stereocenters. The second-order valence-electron chi connectivity index (χ2n) is 5.16. The molecule has 0 amide bonds. The predicted molar refractivity (Wildman–Crippen MR) is 95.2 cm³/mol. The number of fused-ring (bicyclic) bond motifs is 1. The Labute approximate surface area is 153 Å². The third kappa shape index (κ3) is 3.33. The van der Waals surface area contributed by atoms with Gasteiger partial charge in [-0.15, -0.1) is 11.3 Å². The molecule has 4 nitrogen and oxygen atoms in total. The van der Waals surface area contributed by atoms with Crippen LogP contribution in [0.25, 0.3) is 16.0 Å². The largest absolute Gasteiger partial charge is 0.462 e. The molecule has 0 fully saturated rings. The molecule has 0 spiro atoms. The van der Waals surface area contributed by atoms with Gasteiger partial charge in [-0.2, -0.15) is 5.10 Å². The first-order valence-corrected chi connectivity index (χ1v) is 8.97. The van der Waals surface area contributed by atoms with Gasteiger partial charge in [-0.1, -0.05) is 13.8 Å². The second kappa shape index (κ2) is 7.90. The number of thiazole rings is 1. The number of aromatic nitrogens is 2. The number of ether oxygens (including phenoxy) is 1. The van der Waals surface area contributed by atoms with E-state index in [1.807, 2.05) is 13.8 Å². The smallest absolute Gasteiger partial charge is 0.350 e. The molecule has 0 aliphatic rings. The lowest BCUT2D eigenvalue weighted by molar-refractivity contribution is 0.0530. The Balaban J connectivity index is 0.00000117. The Hall–Kier alpha value is -2.35. The molecule has 0 bridgehead atoms. The summed E-state index contributed by atoms with van der Waals surface area (Å²) in [7, 11) is 0. The van der Waals surface area contributed by atoms with E-state index in [4.69, 9.17) is 4.74 Å². The van der Waals surface area contributed by atoms with E-state index in [0.717, 1.165) is 17.4 Å². The summed E-state index contributed by atoms with van der Waals surface area (Å²) in [6.07, 6.45) is 0. The predicted octanol–water partition coefficient (Wildman–Crippen LogP) is 5.30. The molecule has 0 radical (unpaired) electrons. The number of hydrogen-bond acceptors (Lipinski definition) is 4. The fourth-order valence-electron chi connectivity index (χ4n) is 2.53. The average molecular weight is 384 g/mol. The maximum atomic E-state index is 14.2. The summed E-state index contributed by atoms with van der Waals surface area (Å²) in [5, 5.41) is 4.26. The molecule has 140 valence electrons. The minimum Gasteiger partial charge on any atom is -0.462 e. The summed E-state index contributed by atoms with van der Waals surface area (Å²) in [5.41, 5.74) is 0.968. The molecule has 26 heavy (non-hydrogen) atoms. The van der Waals surface area contributed by atoms with Crippen LogP contribution >= 0.6 is 11.3 Å². The van der Waals surface area contributed by atoms with Crippen molar-refractivity contribution in [3.63, 3.8) is 0 Å². The van der Waals surface area contributed by atoms with Crippen LogP contribution in [0.3, 0.4) is 0 Å². The number of aryl methyl sites for hydroxylation is 2. The van der Waals surface area contributed by atoms with E-state index in [9.17, 15) is 18.0 Å². The number of esters is 1. The Bertz CT molecular complexity index is 963. The van der Waals surface area contributed by atoms with Crippen LogP contribution in [0, 0.1) is 31.3 Å². The molecular weight excluding hydrogens is 365 g/mol. The minimum atomic E-state index is -1.28. The van der Waals surface area contributed by atoms with Crippen molar-refractivity contribution in [1.29, 1.82) is 0 Å². The van der Waals surface area contributed by atoms with E-state index in [-0.39, 0.29) is 17.7 Å². The van der Waals surface area contributed by atoms with Gasteiger partial charge >= 0.3 is 5.97 Å². The summed E-state index contributed by atoms with van der Waals surface area (Å²) in [6, 6.07) is 1.40. The number of rotatable bonds is 3. The summed E-state index contributed by atoms with van der Waals surface area (Å²) in [4.78, 5) is 12.7. The van der Waals surface area contributed by atoms with Crippen molar-refractivity contribution in [2.45, 2.75) is 34.6 Å². The van der Waals surface area contributed by atoms with Gasteiger partial charge in [-0.05, 0) is 26.8 Å². The topological polar surface area (TPSA) is 43.6 Å². The van der Waals surface area contributed by atoms with Crippen LogP contribution in [0.4, 0.5) is 13.2 Å². The molecule has 2 heterocycles. The zero-order valence-corrected chi connectivity index (χ0v) is 15.9. The van der Waals surface area contributed by atoms with E-state index in [2.05, 4.69) is 5.10 Å². The van der Waals surface area contributed by atoms with Crippen LogP contribution in [0.15, 0.2) is 12.1 Å². The highest BCUT2D eigenvalue weighted by Gasteiger charge is 2.25. The molecule has 3 rings (SSSR count). The van der Waals surface area contributed by atoms with Gasteiger partial charge in [0, 0.05) is 17.2 Å². The molecular formula is C18H19F3N2O2S. The number of nitrogens with zero attached hydrogens (tertiary/aromatic N) is 2. The summed E-state index contributed by atoms with van der Waals surface area (Å²) >= 11 is 1.05. The van der Waals surface area contributed by atoms with Gasteiger partial charge in [-0.25, -0.2) is 22.5 Å². The molecule has 1 aromatic carbocycles. The van der Waals surface area contributed by atoms with Crippen molar-refractivity contribution >= 4 is 22.1 Å². The first-order valence-electron chi connectivity index (χ1n) is 8.15. The van der Waals surface area contributed by atoms with Gasteiger partial charge in [0.25, 0.3) is 0 Å². The van der Waals surface area contributed by atoms with Crippen molar-refractivity contribution in [3.05, 3.63) is 45.8 Å². The van der Waals surface area contributed by atoms with Crippen LogP contribution < -0.4 is 0 Å². The molecule has 0 saturated carbocycles. The highest BCUT2D eigenvalue weighted by Crippen LogP contribution is 2.37. The van der Waals surface area contributed by atoms with Crippen LogP contribution in [0.2, 0.25) is 0 Å². The second-order valence-corrected chi connectivity index (χ2v) is 6.16. The highest BCUT2D eigenvalue weighted by atomic mass is 32.1. The SMILES string of the molecule is CC.CCOC(=O)c1sc2c(-c3cc(F)cc(F)c3F)c(C)nn2c1C. The van der Waals surface area contributed by atoms with Crippen molar-refractivity contribution in [2.24, 2.45) is 0 Å². The standard InChI is InChI=1S/C16H13F3N2O2S.C2H6/c1-4-23-16(22)14-8(3)21-15(24-14)12(7(2)20-21)10-5-9(17)6-11(18)13(10)19;1-2/h5-6H,4H2,1-3H3;1-2H3. The average Bonchev–Trinajstić information content (AvgIpc) is 3.09. The molecule has 8 heteroatoms. The Morgan fingerprint density at radius 3 is 2.50 bits per heavy atom. The van der Waals surface area contributed by atoms with Crippen LogP contribution in [0.1, 0.15) is 41.8 Å². The number of carbonyl (C=O) groups is 1. The lowest BCUT2D eigenvalue weighted by Crippen LogP contribution is -2.05. The van der Waals surface area contributed by atoms with Gasteiger partial charge in [0.1, 0.15) is 15.5 Å². The lowest BCUT2D eigenvalue weighted by atomic mass is 10.1. The van der Waals surface area contributed by atoms with Crippen molar-refractivity contribution < 1.29 is 22.7 Å². The maximum absolute atomic E-state index is 14.2. The quantitative estimate of drug-likeness (QED) is 0.455. The van der Waals surface area contributed by atoms with Crippen LogP contribution in [-0.2, 0) is 4.74 Å². The van der Waals surface area contributed by atoms with Gasteiger partial charge in [0.15, 0.2) is 11.6 Å². The fraction of sp³-hybridized carbons (Fsp3) is 0.333. The Morgan fingerprint density at radius 2 is 1.88 bits per heavy atom. The van der Waals surface area contributed by atoms with Crippen molar-refractivity contribution in [2.75, 3.05) is 6.61 Å². The first kappa shape index (κ1) is 20.0. The van der Waals surface area contributed by atoms with Crippen LogP contribution in [0.5, 0.6) is 0 Å². The molecule has 0 atom stereocenters. The Morgan fingerprint density at radius 1 is 1.23 bits per heavy atom. The molecule has 3 aromatic rings. The van der Waals surface area contributed by atoms with E-state index in [1.165, 1.54) is 4.52 Å². The number of hydrogen-bond donors (Lipinski definition) is 0. The van der Waals surface area contributed by atoms with Gasteiger partial charge in [-0.3, -0.25) is 0 Å². The maximum Gasteiger partial charge on any atom is 0.350 e. The molecule has 0 saturated heterocycles. The monoisotopic (exact) mass is 384 g/mol. The normalized spacial score (nSPS) is 10.6. The van der Waals surface area contributed by atoms with E-state index in [0.29, 0.717) is 27.2 Å². The molecule has 0 N–H and O–H groups in total.